The van der Waals surface area contributed by atoms with E-state index in [4.69, 9.17) is 18.9 Å². The van der Waals surface area contributed by atoms with E-state index < -0.39 is 5.92 Å². The normalized spacial score (nSPS) is 17.3. The Kier molecular flexibility index (Phi) is 6.39. The average molecular weight is 440 g/mol. The molecule has 2 amide bonds. The fourth-order valence-electron chi connectivity index (χ4n) is 4.18. The Hall–Kier alpha value is -3.42. The molecule has 2 aromatic rings. The van der Waals surface area contributed by atoms with Crippen molar-refractivity contribution in [3.63, 3.8) is 0 Å². The van der Waals surface area contributed by atoms with E-state index in [1.807, 2.05) is 25.1 Å². The minimum atomic E-state index is -0.435. The van der Waals surface area contributed by atoms with Gasteiger partial charge in [-0.25, -0.2) is 0 Å². The number of fused-ring (bicyclic) bond motifs is 1. The van der Waals surface area contributed by atoms with Crippen LogP contribution < -0.4 is 23.8 Å². The van der Waals surface area contributed by atoms with Gasteiger partial charge in [0.1, 0.15) is 24.7 Å². The van der Waals surface area contributed by atoms with Crippen molar-refractivity contribution in [2.45, 2.75) is 19.9 Å². The van der Waals surface area contributed by atoms with Crippen molar-refractivity contribution >= 4 is 17.5 Å². The molecule has 0 bridgehead atoms. The number of amides is 2. The van der Waals surface area contributed by atoms with E-state index >= 15 is 0 Å². The number of carbonyl (C=O) groups is 2. The number of carbonyl (C=O) groups excluding carboxylic acids is 2. The molecule has 2 aliphatic rings. The van der Waals surface area contributed by atoms with Gasteiger partial charge in [0.2, 0.25) is 11.8 Å². The summed E-state index contributed by atoms with van der Waals surface area (Å²) in [4.78, 5) is 29.6. The second-order valence-electron chi connectivity index (χ2n) is 7.74. The van der Waals surface area contributed by atoms with Gasteiger partial charge in [-0.15, -0.1) is 0 Å². The van der Waals surface area contributed by atoms with Gasteiger partial charge in [-0.1, -0.05) is 12.1 Å². The molecule has 0 aromatic heterocycles. The molecule has 170 valence electrons. The lowest BCUT2D eigenvalue weighted by Gasteiger charge is -2.27. The number of methoxy groups -OCH3 is 2. The first-order chi connectivity index (χ1) is 15.5. The van der Waals surface area contributed by atoms with E-state index in [0.717, 1.165) is 5.56 Å². The van der Waals surface area contributed by atoms with E-state index in [2.05, 4.69) is 0 Å². The maximum atomic E-state index is 13.4. The molecule has 2 aromatic carbocycles. The monoisotopic (exact) mass is 440 g/mol. The minimum Gasteiger partial charge on any atom is -0.497 e. The molecule has 2 heterocycles. The Balaban J connectivity index is 1.52. The van der Waals surface area contributed by atoms with Crippen LogP contribution in [-0.2, 0) is 16.1 Å². The van der Waals surface area contributed by atoms with E-state index in [-0.39, 0.29) is 18.2 Å². The SMILES string of the molecule is CCN(Cc1cccc2c1OCCO2)C(=O)C1CC(=O)N(c2cc(OC)ccc2OC)C1. The van der Waals surface area contributed by atoms with E-state index in [9.17, 15) is 9.59 Å². The Bertz CT molecular complexity index is 1010. The molecule has 0 aliphatic carbocycles. The Morgan fingerprint density at radius 1 is 1.16 bits per heavy atom. The second kappa shape index (κ2) is 9.38. The van der Waals surface area contributed by atoms with Crippen molar-refractivity contribution in [1.29, 1.82) is 0 Å². The van der Waals surface area contributed by atoms with Gasteiger partial charge in [0, 0.05) is 37.7 Å². The number of hydrogen-bond donors (Lipinski definition) is 0. The summed E-state index contributed by atoms with van der Waals surface area (Å²) >= 11 is 0. The van der Waals surface area contributed by atoms with Crippen molar-refractivity contribution in [1.82, 2.24) is 4.90 Å². The fourth-order valence-corrected chi connectivity index (χ4v) is 4.18. The highest BCUT2D eigenvalue weighted by Crippen LogP contribution is 2.37. The van der Waals surface area contributed by atoms with Crippen LogP contribution in [0.2, 0.25) is 0 Å². The highest BCUT2D eigenvalue weighted by atomic mass is 16.6. The number of rotatable bonds is 7. The molecule has 2 aliphatic heterocycles. The van der Waals surface area contributed by atoms with Crippen LogP contribution in [0.3, 0.4) is 0 Å². The van der Waals surface area contributed by atoms with Crippen LogP contribution in [-0.4, -0.2) is 57.2 Å². The number of benzene rings is 2. The van der Waals surface area contributed by atoms with Crippen molar-refractivity contribution < 1.29 is 28.5 Å². The maximum absolute atomic E-state index is 13.4. The van der Waals surface area contributed by atoms with Gasteiger partial charge in [0.05, 0.1) is 25.8 Å². The summed E-state index contributed by atoms with van der Waals surface area (Å²) in [6.07, 6.45) is 0.155. The van der Waals surface area contributed by atoms with Crippen LogP contribution in [0.5, 0.6) is 23.0 Å². The quantitative estimate of drug-likeness (QED) is 0.659. The zero-order chi connectivity index (χ0) is 22.7. The predicted octanol–water partition coefficient (Wildman–Crippen LogP) is 2.88. The minimum absolute atomic E-state index is 0.0560. The van der Waals surface area contributed by atoms with Gasteiger partial charge in [-0.2, -0.15) is 0 Å². The van der Waals surface area contributed by atoms with Gasteiger partial charge in [-0.05, 0) is 25.1 Å². The van der Waals surface area contributed by atoms with Crippen LogP contribution >= 0.6 is 0 Å². The average Bonchev–Trinajstić information content (AvgIpc) is 3.23. The fraction of sp³-hybridized carbons (Fsp3) is 0.417. The van der Waals surface area contributed by atoms with Crippen LogP contribution in [0.4, 0.5) is 5.69 Å². The van der Waals surface area contributed by atoms with Crippen molar-refractivity contribution in [2.24, 2.45) is 5.92 Å². The number of anilines is 1. The first kappa shape index (κ1) is 21.8. The molecule has 1 atom stereocenters. The van der Waals surface area contributed by atoms with Crippen LogP contribution in [0.25, 0.3) is 0 Å². The molecule has 1 unspecified atom stereocenters. The predicted molar refractivity (Wildman–Crippen MR) is 119 cm³/mol. The molecule has 0 spiro atoms. The van der Waals surface area contributed by atoms with E-state index in [1.54, 1.807) is 42.2 Å². The third-order valence-electron chi connectivity index (χ3n) is 5.85. The smallest absolute Gasteiger partial charge is 0.228 e. The van der Waals surface area contributed by atoms with Crippen LogP contribution in [0, 0.1) is 5.92 Å². The lowest BCUT2D eigenvalue weighted by molar-refractivity contribution is -0.136. The zero-order valence-corrected chi connectivity index (χ0v) is 18.6. The molecule has 32 heavy (non-hydrogen) atoms. The first-order valence-electron chi connectivity index (χ1n) is 10.7. The van der Waals surface area contributed by atoms with Crippen molar-refractivity contribution in [3.8, 4) is 23.0 Å². The van der Waals surface area contributed by atoms with E-state index in [1.165, 1.54) is 0 Å². The Morgan fingerprint density at radius 3 is 2.72 bits per heavy atom. The summed E-state index contributed by atoms with van der Waals surface area (Å²) in [5, 5.41) is 0. The molecular weight excluding hydrogens is 412 g/mol. The summed E-state index contributed by atoms with van der Waals surface area (Å²) in [6.45, 7) is 4.15. The van der Waals surface area contributed by atoms with Gasteiger partial charge < -0.3 is 28.7 Å². The molecule has 8 nitrogen and oxygen atoms in total. The molecule has 1 saturated heterocycles. The van der Waals surface area contributed by atoms with Crippen LogP contribution in [0.1, 0.15) is 18.9 Å². The molecule has 4 rings (SSSR count). The number of para-hydroxylation sites is 1. The van der Waals surface area contributed by atoms with Gasteiger partial charge in [0.25, 0.3) is 0 Å². The maximum Gasteiger partial charge on any atom is 0.228 e. The Labute approximate surface area is 187 Å². The number of nitrogens with zero attached hydrogens (tertiary/aromatic N) is 2. The second-order valence-corrected chi connectivity index (χ2v) is 7.74. The van der Waals surface area contributed by atoms with Crippen molar-refractivity contribution in [2.75, 3.05) is 45.4 Å². The molecular formula is C24H28N2O6. The molecule has 0 saturated carbocycles. The molecule has 0 N–H and O–H groups in total. The summed E-state index contributed by atoms with van der Waals surface area (Å²) in [7, 11) is 3.12. The largest absolute Gasteiger partial charge is 0.497 e. The third-order valence-corrected chi connectivity index (χ3v) is 5.85. The summed E-state index contributed by atoms with van der Waals surface area (Å²) in [5.74, 6) is 1.97. The number of hydrogen-bond acceptors (Lipinski definition) is 6. The van der Waals surface area contributed by atoms with Crippen molar-refractivity contribution in [3.05, 3.63) is 42.0 Å². The summed E-state index contributed by atoms with van der Waals surface area (Å²) in [6, 6.07) is 11.0. The highest BCUT2D eigenvalue weighted by molar-refractivity contribution is 6.01. The van der Waals surface area contributed by atoms with E-state index in [0.29, 0.717) is 61.5 Å². The standard InChI is InChI=1S/C24H28N2O6/c1-4-25(14-16-6-5-7-21-23(16)32-11-10-31-21)24(28)17-12-22(27)26(15-17)19-13-18(29-2)8-9-20(19)30-3/h5-9,13,17H,4,10-12,14-15H2,1-3H3. The van der Waals surface area contributed by atoms with Gasteiger partial charge >= 0.3 is 0 Å². The Morgan fingerprint density at radius 2 is 1.97 bits per heavy atom. The lowest BCUT2D eigenvalue weighted by atomic mass is 10.1. The van der Waals surface area contributed by atoms with Gasteiger partial charge in [0.15, 0.2) is 11.5 Å². The highest BCUT2D eigenvalue weighted by Gasteiger charge is 2.38. The van der Waals surface area contributed by atoms with Gasteiger partial charge in [-0.3, -0.25) is 9.59 Å². The summed E-state index contributed by atoms with van der Waals surface area (Å²) < 4.78 is 22.2. The van der Waals surface area contributed by atoms with Crippen LogP contribution in [0.15, 0.2) is 36.4 Å². The number of ether oxygens (including phenoxy) is 4. The molecule has 8 heteroatoms. The topological polar surface area (TPSA) is 77.5 Å². The molecule has 1 fully saturated rings. The molecule has 0 radical (unpaired) electrons. The third kappa shape index (κ3) is 4.17. The zero-order valence-electron chi connectivity index (χ0n) is 18.6. The summed E-state index contributed by atoms with van der Waals surface area (Å²) in [5.41, 5.74) is 1.51. The lowest BCUT2D eigenvalue weighted by Crippen LogP contribution is -2.37. The first-order valence-corrected chi connectivity index (χ1v) is 10.7.